The molecule has 0 saturated heterocycles. The first kappa shape index (κ1) is 21.4. The summed E-state index contributed by atoms with van der Waals surface area (Å²) in [5.74, 6) is 0.751. The van der Waals surface area contributed by atoms with E-state index in [2.05, 4.69) is 41.5 Å². The molecule has 1 N–H and O–H groups in total. The van der Waals surface area contributed by atoms with Crippen molar-refractivity contribution in [3.8, 4) is 0 Å². The van der Waals surface area contributed by atoms with Crippen LogP contribution in [0, 0.1) is 0 Å². The van der Waals surface area contributed by atoms with E-state index in [9.17, 15) is 8.42 Å². The Morgan fingerprint density at radius 3 is 2.12 bits per heavy atom. The second kappa shape index (κ2) is 10.4. The summed E-state index contributed by atoms with van der Waals surface area (Å²) < 4.78 is 25.9. The largest absolute Gasteiger partial charge is 0.355 e. The van der Waals surface area contributed by atoms with Gasteiger partial charge in [0.25, 0.3) is 0 Å². The third kappa shape index (κ3) is 6.66. The van der Waals surface area contributed by atoms with Gasteiger partial charge < -0.3 is 10.2 Å². The number of nitrogens with zero attached hydrogens (tertiary/aromatic N) is 3. The van der Waals surface area contributed by atoms with Gasteiger partial charge in [-0.1, -0.05) is 45.0 Å². The molecule has 0 radical (unpaired) electrons. The molecular weight excluding hydrogens is 336 g/mol. The number of guanidine groups is 1. The maximum absolute atomic E-state index is 12.2. The molecule has 0 heterocycles. The predicted molar refractivity (Wildman–Crippen MR) is 105 cm³/mol. The minimum absolute atomic E-state index is 0.0622. The zero-order valence-electron chi connectivity index (χ0n) is 16.1. The molecular formula is C18H32N4O2S. The molecule has 0 amide bonds. The first-order chi connectivity index (χ1) is 11.9. The fourth-order valence-electron chi connectivity index (χ4n) is 2.65. The van der Waals surface area contributed by atoms with Gasteiger partial charge in [0, 0.05) is 40.3 Å². The van der Waals surface area contributed by atoms with E-state index in [1.165, 1.54) is 15.4 Å². The third-order valence-electron chi connectivity index (χ3n) is 4.17. The van der Waals surface area contributed by atoms with Crippen molar-refractivity contribution in [2.45, 2.75) is 33.7 Å². The van der Waals surface area contributed by atoms with Gasteiger partial charge in [0.1, 0.15) is 0 Å². The molecule has 0 aliphatic rings. The third-order valence-corrected chi connectivity index (χ3v) is 6.19. The van der Waals surface area contributed by atoms with Crippen molar-refractivity contribution in [1.82, 2.24) is 14.5 Å². The van der Waals surface area contributed by atoms with Crippen LogP contribution in [0.5, 0.6) is 0 Å². The van der Waals surface area contributed by atoms with Crippen LogP contribution < -0.4 is 5.32 Å². The minimum atomic E-state index is -3.22. The molecule has 0 aliphatic heterocycles. The van der Waals surface area contributed by atoms with Crippen molar-refractivity contribution in [1.29, 1.82) is 0 Å². The number of benzene rings is 1. The molecule has 7 heteroatoms. The Hall–Kier alpha value is -1.60. The van der Waals surface area contributed by atoms with Crippen LogP contribution in [0.15, 0.2) is 29.3 Å². The molecule has 1 rings (SSSR count). The van der Waals surface area contributed by atoms with Crippen molar-refractivity contribution in [2.75, 3.05) is 39.5 Å². The van der Waals surface area contributed by atoms with E-state index in [0.29, 0.717) is 32.1 Å². The molecule has 0 aromatic heterocycles. The highest BCUT2D eigenvalue weighted by Gasteiger charge is 2.18. The van der Waals surface area contributed by atoms with Crippen LogP contribution in [0.3, 0.4) is 0 Å². The summed E-state index contributed by atoms with van der Waals surface area (Å²) in [5, 5.41) is 3.14. The number of hydrogen-bond donors (Lipinski definition) is 1. The van der Waals surface area contributed by atoms with Gasteiger partial charge in [-0.15, -0.1) is 0 Å². The highest BCUT2D eigenvalue weighted by molar-refractivity contribution is 7.89. The lowest BCUT2D eigenvalue weighted by molar-refractivity contribution is 0.443. The van der Waals surface area contributed by atoms with Crippen LogP contribution in [-0.2, 0) is 23.0 Å². The smallest absolute Gasteiger partial charge is 0.215 e. The summed E-state index contributed by atoms with van der Waals surface area (Å²) in [6.07, 6.45) is 1.03. The highest BCUT2D eigenvalue weighted by atomic mass is 32.2. The average Bonchev–Trinajstić information content (AvgIpc) is 2.60. The van der Waals surface area contributed by atoms with E-state index in [0.717, 1.165) is 6.42 Å². The van der Waals surface area contributed by atoms with E-state index < -0.39 is 10.0 Å². The number of aryl methyl sites for hydroxylation is 1. The SMILES string of the molecule is CCc1ccc(CN(C)C(=NC)NCCS(=O)(=O)N(CC)CC)cc1. The zero-order valence-corrected chi connectivity index (χ0v) is 16.9. The predicted octanol–water partition coefficient (Wildman–Crippen LogP) is 1.93. The number of aliphatic imine (C=N–C) groups is 1. The van der Waals surface area contributed by atoms with Crippen LogP contribution in [0.2, 0.25) is 0 Å². The molecule has 0 saturated carbocycles. The molecule has 142 valence electrons. The van der Waals surface area contributed by atoms with Crippen LogP contribution in [0.4, 0.5) is 0 Å². The molecule has 1 aromatic rings. The van der Waals surface area contributed by atoms with Crippen molar-refractivity contribution in [3.63, 3.8) is 0 Å². The minimum Gasteiger partial charge on any atom is -0.355 e. The lowest BCUT2D eigenvalue weighted by Crippen LogP contribution is -2.42. The Morgan fingerprint density at radius 1 is 1.08 bits per heavy atom. The Kier molecular flexibility index (Phi) is 8.92. The van der Waals surface area contributed by atoms with Gasteiger partial charge in [0.2, 0.25) is 10.0 Å². The van der Waals surface area contributed by atoms with E-state index >= 15 is 0 Å². The maximum atomic E-state index is 12.2. The summed E-state index contributed by atoms with van der Waals surface area (Å²) in [4.78, 5) is 6.24. The monoisotopic (exact) mass is 368 g/mol. The summed E-state index contributed by atoms with van der Waals surface area (Å²) in [7, 11) is 0.431. The Labute approximate surface area is 153 Å². The van der Waals surface area contributed by atoms with E-state index in [4.69, 9.17) is 0 Å². The van der Waals surface area contributed by atoms with Crippen molar-refractivity contribution < 1.29 is 8.42 Å². The second-order valence-electron chi connectivity index (χ2n) is 5.90. The first-order valence-corrected chi connectivity index (χ1v) is 10.5. The van der Waals surface area contributed by atoms with Crippen LogP contribution >= 0.6 is 0 Å². The van der Waals surface area contributed by atoms with Gasteiger partial charge in [0.15, 0.2) is 5.96 Å². The molecule has 25 heavy (non-hydrogen) atoms. The fourth-order valence-corrected chi connectivity index (χ4v) is 4.06. The Balaban J connectivity index is 2.58. The number of nitrogens with one attached hydrogen (secondary N) is 1. The van der Waals surface area contributed by atoms with Crippen molar-refractivity contribution >= 4 is 16.0 Å². The average molecular weight is 369 g/mol. The Morgan fingerprint density at radius 2 is 1.64 bits per heavy atom. The fraction of sp³-hybridized carbons (Fsp3) is 0.611. The summed E-state index contributed by atoms with van der Waals surface area (Å²) in [6, 6.07) is 8.51. The summed E-state index contributed by atoms with van der Waals surface area (Å²) >= 11 is 0. The number of sulfonamides is 1. The summed E-state index contributed by atoms with van der Waals surface area (Å²) in [6.45, 7) is 7.90. The lowest BCUT2D eigenvalue weighted by Gasteiger charge is -2.23. The molecule has 0 fully saturated rings. The van der Waals surface area contributed by atoms with Gasteiger partial charge in [-0.25, -0.2) is 12.7 Å². The van der Waals surface area contributed by atoms with Crippen molar-refractivity contribution in [3.05, 3.63) is 35.4 Å². The van der Waals surface area contributed by atoms with Crippen LogP contribution in [-0.4, -0.2) is 63.1 Å². The van der Waals surface area contributed by atoms with E-state index in [1.54, 1.807) is 7.05 Å². The Bertz CT molecular complexity index is 638. The molecule has 0 unspecified atom stereocenters. The number of rotatable bonds is 9. The molecule has 0 spiro atoms. The summed E-state index contributed by atoms with van der Waals surface area (Å²) in [5.41, 5.74) is 2.51. The van der Waals surface area contributed by atoms with E-state index in [1.807, 2.05) is 25.8 Å². The van der Waals surface area contributed by atoms with Crippen LogP contribution in [0.25, 0.3) is 0 Å². The topological polar surface area (TPSA) is 65.0 Å². The maximum Gasteiger partial charge on any atom is 0.215 e. The van der Waals surface area contributed by atoms with Gasteiger partial charge >= 0.3 is 0 Å². The van der Waals surface area contributed by atoms with Crippen molar-refractivity contribution in [2.24, 2.45) is 4.99 Å². The molecule has 6 nitrogen and oxygen atoms in total. The highest BCUT2D eigenvalue weighted by Crippen LogP contribution is 2.07. The van der Waals surface area contributed by atoms with Gasteiger partial charge in [0.05, 0.1) is 5.75 Å². The second-order valence-corrected chi connectivity index (χ2v) is 7.99. The lowest BCUT2D eigenvalue weighted by atomic mass is 10.1. The number of hydrogen-bond acceptors (Lipinski definition) is 3. The van der Waals surface area contributed by atoms with Gasteiger partial charge in [-0.05, 0) is 17.5 Å². The molecule has 0 atom stereocenters. The van der Waals surface area contributed by atoms with Gasteiger partial charge in [-0.3, -0.25) is 4.99 Å². The first-order valence-electron chi connectivity index (χ1n) is 8.85. The normalized spacial score (nSPS) is 12.5. The molecule has 0 bridgehead atoms. The van der Waals surface area contributed by atoms with Crippen LogP contribution in [0.1, 0.15) is 31.9 Å². The van der Waals surface area contributed by atoms with E-state index in [-0.39, 0.29) is 5.75 Å². The molecule has 0 aliphatic carbocycles. The quantitative estimate of drug-likeness (QED) is 0.534. The standard InChI is InChI=1S/C18H32N4O2S/c1-6-16-9-11-17(12-10-16)15-21(5)18(19-4)20-13-14-25(23,24)22(7-2)8-3/h9-12H,6-8,13-15H2,1-5H3,(H,19,20). The van der Waals surface area contributed by atoms with Gasteiger partial charge in [-0.2, -0.15) is 0 Å². The molecule has 1 aromatic carbocycles. The zero-order chi connectivity index (χ0) is 18.9.